The molecule has 0 spiro atoms. The highest BCUT2D eigenvalue weighted by Gasteiger charge is 2.45. The van der Waals surface area contributed by atoms with E-state index in [2.05, 4.69) is 14.8 Å². The molecular formula is C17H20N3O10P. The molecule has 1 aromatic carbocycles. The van der Waals surface area contributed by atoms with Gasteiger partial charge in [-0.05, 0) is 18.2 Å². The van der Waals surface area contributed by atoms with Crippen LogP contribution in [-0.2, 0) is 13.8 Å². The lowest BCUT2D eigenvalue weighted by molar-refractivity contribution is -0.0542. The van der Waals surface area contributed by atoms with Crippen molar-refractivity contribution >= 4 is 19.5 Å². The first-order valence-corrected chi connectivity index (χ1v) is 10.4. The first kappa shape index (κ1) is 23.0. The zero-order valence-corrected chi connectivity index (χ0v) is 17.0. The highest BCUT2D eigenvalue weighted by Crippen LogP contribution is 2.38. The Morgan fingerprint density at radius 3 is 2.61 bits per heavy atom. The van der Waals surface area contributed by atoms with Crippen LogP contribution in [0, 0.1) is 0 Å². The third kappa shape index (κ3) is 5.35. The van der Waals surface area contributed by atoms with Gasteiger partial charge >= 0.3 is 13.5 Å². The van der Waals surface area contributed by atoms with Gasteiger partial charge in [0, 0.05) is 6.20 Å². The molecule has 5 N–H and O–H groups in total. The second-order valence-corrected chi connectivity index (χ2v) is 7.73. The van der Waals surface area contributed by atoms with Crippen LogP contribution in [0.1, 0.15) is 16.6 Å². The summed E-state index contributed by atoms with van der Waals surface area (Å²) in [5.41, 5.74) is -0.688. The molecule has 31 heavy (non-hydrogen) atoms. The monoisotopic (exact) mass is 457 g/mol. The number of hydrogen-bond acceptors (Lipinski definition) is 9. The lowest BCUT2D eigenvalue weighted by Crippen LogP contribution is -2.36. The van der Waals surface area contributed by atoms with Gasteiger partial charge in [-0.2, -0.15) is 4.98 Å². The molecule has 1 saturated heterocycles. The van der Waals surface area contributed by atoms with E-state index in [1.165, 1.54) is 25.4 Å². The van der Waals surface area contributed by atoms with Gasteiger partial charge in [0.1, 0.15) is 29.9 Å². The maximum atomic E-state index is 12.4. The van der Waals surface area contributed by atoms with Crippen molar-refractivity contribution in [2.24, 2.45) is 0 Å². The van der Waals surface area contributed by atoms with Gasteiger partial charge in [0.25, 0.3) is 5.91 Å². The standard InChI is InChI=1S/C17H20N3O10P/c1-28-10-5-3-2-4-9(10)15(23)18-12-6-7-20(17(24)19-12)16-14(22)13(21)11(30-16)8-29-31(25,26)27/h2-7,11,13-14,16,21-22H,8H2,1H3,(H2,25,26,27)(H,18,19,23,24)/t11-,13-,14-,16-/m1/s1. The van der Waals surface area contributed by atoms with Gasteiger partial charge in [-0.3, -0.25) is 13.9 Å². The summed E-state index contributed by atoms with van der Waals surface area (Å²) in [7, 11) is -3.41. The fourth-order valence-corrected chi connectivity index (χ4v) is 3.30. The normalized spacial score (nSPS) is 23.5. The number of nitrogens with one attached hydrogen (secondary N) is 1. The van der Waals surface area contributed by atoms with Gasteiger partial charge in [0.15, 0.2) is 6.23 Å². The quantitative estimate of drug-likeness (QED) is 0.328. The Kier molecular flexibility index (Phi) is 6.86. The highest BCUT2D eigenvalue weighted by molar-refractivity contribution is 7.46. The van der Waals surface area contributed by atoms with Gasteiger partial charge in [0.2, 0.25) is 0 Å². The Labute approximate surface area is 175 Å². The zero-order chi connectivity index (χ0) is 22.8. The van der Waals surface area contributed by atoms with E-state index >= 15 is 0 Å². The van der Waals surface area contributed by atoms with E-state index in [-0.39, 0.29) is 11.4 Å². The van der Waals surface area contributed by atoms with Crippen molar-refractivity contribution < 1.29 is 43.4 Å². The molecule has 14 heteroatoms. The Morgan fingerprint density at radius 1 is 1.26 bits per heavy atom. The number of amides is 1. The predicted octanol–water partition coefficient (Wildman–Crippen LogP) is -0.767. The van der Waals surface area contributed by atoms with Crippen molar-refractivity contribution in [1.29, 1.82) is 0 Å². The summed E-state index contributed by atoms with van der Waals surface area (Å²) in [5.74, 6) is -0.315. The molecular weight excluding hydrogens is 437 g/mol. The van der Waals surface area contributed by atoms with Crippen LogP contribution in [-0.4, -0.2) is 67.5 Å². The minimum atomic E-state index is -4.82. The fraction of sp³-hybridized carbons (Fsp3) is 0.353. The smallest absolute Gasteiger partial charge is 0.469 e. The molecule has 13 nitrogen and oxygen atoms in total. The number of anilines is 1. The number of benzene rings is 1. The molecule has 0 radical (unpaired) electrons. The maximum absolute atomic E-state index is 12.4. The summed E-state index contributed by atoms with van der Waals surface area (Å²) in [4.78, 5) is 46.0. The summed E-state index contributed by atoms with van der Waals surface area (Å²) in [6.45, 7) is -0.714. The molecule has 1 aliphatic heterocycles. The molecule has 0 bridgehead atoms. The number of phosphoric acid groups is 1. The van der Waals surface area contributed by atoms with Crippen LogP contribution in [0.4, 0.5) is 5.82 Å². The lowest BCUT2D eigenvalue weighted by atomic mass is 10.1. The molecule has 1 amide bonds. The number of phosphoric ester groups is 1. The number of aliphatic hydroxyl groups is 2. The van der Waals surface area contributed by atoms with Crippen molar-refractivity contribution in [3.63, 3.8) is 0 Å². The topological polar surface area (TPSA) is 190 Å². The van der Waals surface area contributed by atoms with Crippen LogP contribution < -0.4 is 15.7 Å². The highest BCUT2D eigenvalue weighted by atomic mass is 31.2. The summed E-state index contributed by atoms with van der Waals surface area (Å²) in [6, 6.07) is 7.72. The van der Waals surface area contributed by atoms with Gasteiger partial charge in [-0.15, -0.1) is 0 Å². The van der Waals surface area contributed by atoms with Crippen LogP contribution in [0.5, 0.6) is 5.75 Å². The molecule has 2 heterocycles. The Hall–Kier alpha value is -2.64. The molecule has 4 atom stereocenters. The number of para-hydroxylation sites is 1. The number of hydrogen-bond donors (Lipinski definition) is 5. The van der Waals surface area contributed by atoms with Crippen LogP contribution in [0.25, 0.3) is 0 Å². The second-order valence-electron chi connectivity index (χ2n) is 6.49. The van der Waals surface area contributed by atoms with Crippen molar-refractivity contribution in [1.82, 2.24) is 9.55 Å². The van der Waals surface area contributed by atoms with Crippen LogP contribution in [0.2, 0.25) is 0 Å². The average Bonchev–Trinajstić information content (AvgIpc) is 3.00. The minimum absolute atomic E-state index is 0.0772. The van der Waals surface area contributed by atoms with E-state index in [9.17, 15) is 24.4 Å². The van der Waals surface area contributed by atoms with E-state index < -0.39 is 50.6 Å². The number of nitrogens with zero attached hydrogens (tertiary/aromatic N) is 2. The van der Waals surface area contributed by atoms with Gasteiger partial charge < -0.3 is 34.8 Å². The van der Waals surface area contributed by atoms with Crippen LogP contribution in [0.15, 0.2) is 41.3 Å². The molecule has 3 rings (SSSR count). The van der Waals surface area contributed by atoms with Crippen molar-refractivity contribution in [3.05, 3.63) is 52.6 Å². The minimum Gasteiger partial charge on any atom is -0.496 e. The van der Waals surface area contributed by atoms with E-state index in [4.69, 9.17) is 19.3 Å². The third-order valence-corrected chi connectivity index (χ3v) is 4.93. The van der Waals surface area contributed by atoms with Crippen molar-refractivity contribution in [2.75, 3.05) is 19.0 Å². The molecule has 1 fully saturated rings. The molecule has 0 aliphatic carbocycles. The summed E-state index contributed by atoms with van der Waals surface area (Å²) < 4.78 is 26.4. The molecule has 1 aliphatic rings. The SMILES string of the molecule is COc1ccccc1C(=O)Nc1ccn([C@@H]2O[C@H](COP(=O)(O)O)[C@@H](O)[C@H]2O)c(=O)n1. The maximum Gasteiger partial charge on any atom is 0.469 e. The number of ether oxygens (including phenoxy) is 2. The Balaban J connectivity index is 1.74. The van der Waals surface area contributed by atoms with Crippen molar-refractivity contribution in [3.8, 4) is 5.75 Å². The first-order valence-electron chi connectivity index (χ1n) is 8.86. The van der Waals surface area contributed by atoms with Gasteiger partial charge in [-0.1, -0.05) is 12.1 Å². The fourth-order valence-electron chi connectivity index (χ4n) is 2.96. The third-order valence-electron chi connectivity index (χ3n) is 4.44. The largest absolute Gasteiger partial charge is 0.496 e. The Morgan fingerprint density at radius 2 is 1.97 bits per heavy atom. The van der Waals surface area contributed by atoms with Crippen LogP contribution >= 0.6 is 7.82 Å². The Bertz CT molecular complexity index is 1050. The number of rotatable bonds is 7. The molecule has 0 unspecified atom stereocenters. The number of carbonyl (C=O) groups is 1. The summed E-state index contributed by atoms with van der Waals surface area (Å²) in [6.07, 6.45) is -4.68. The number of carbonyl (C=O) groups excluding carboxylic acids is 1. The lowest BCUT2D eigenvalue weighted by Gasteiger charge is -2.17. The second kappa shape index (κ2) is 9.24. The number of methoxy groups -OCH3 is 1. The first-order chi connectivity index (χ1) is 14.6. The summed E-state index contributed by atoms with van der Waals surface area (Å²) in [5, 5.41) is 22.6. The molecule has 1 aromatic heterocycles. The van der Waals surface area contributed by atoms with E-state index in [0.29, 0.717) is 5.75 Å². The number of aromatic nitrogens is 2. The molecule has 0 saturated carbocycles. The average molecular weight is 457 g/mol. The van der Waals surface area contributed by atoms with Crippen molar-refractivity contribution in [2.45, 2.75) is 24.5 Å². The molecule has 2 aromatic rings. The zero-order valence-electron chi connectivity index (χ0n) is 16.1. The number of aliphatic hydroxyl groups excluding tert-OH is 2. The van der Waals surface area contributed by atoms with E-state index in [1.54, 1.807) is 18.2 Å². The van der Waals surface area contributed by atoms with Gasteiger partial charge in [-0.25, -0.2) is 9.36 Å². The summed E-state index contributed by atoms with van der Waals surface area (Å²) >= 11 is 0. The predicted molar refractivity (Wildman–Crippen MR) is 103 cm³/mol. The van der Waals surface area contributed by atoms with E-state index in [0.717, 1.165) is 4.57 Å². The van der Waals surface area contributed by atoms with E-state index in [1.807, 2.05) is 0 Å². The molecule has 168 valence electrons. The van der Waals surface area contributed by atoms with Gasteiger partial charge in [0.05, 0.1) is 19.3 Å². The van der Waals surface area contributed by atoms with Crippen LogP contribution in [0.3, 0.4) is 0 Å².